The van der Waals surface area contributed by atoms with Crippen molar-refractivity contribution < 1.29 is 9.53 Å². The molecule has 0 heterocycles. The molecule has 15 heavy (non-hydrogen) atoms. The molecule has 0 saturated heterocycles. The van der Waals surface area contributed by atoms with Gasteiger partial charge in [-0.15, -0.1) is 0 Å². The van der Waals surface area contributed by atoms with Gasteiger partial charge >= 0.3 is 0 Å². The number of ether oxygens (including phenoxy) is 1. The standard InChI is InChI=1S/C12H11NO2/c13-7-8-15-11-5-3-10(4-6-11)12(14)9-1-2-9/h3-6,9H,1-2,8H2. The van der Waals surface area contributed by atoms with Gasteiger partial charge in [-0.05, 0) is 37.1 Å². The second-order valence-corrected chi connectivity index (χ2v) is 3.61. The normalized spacial score (nSPS) is 14.3. The zero-order valence-electron chi connectivity index (χ0n) is 8.27. The van der Waals surface area contributed by atoms with Gasteiger partial charge in [0.05, 0.1) is 0 Å². The summed E-state index contributed by atoms with van der Waals surface area (Å²) in [7, 11) is 0. The third-order valence-corrected chi connectivity index (χ3v) is 2.39. The Balaban J connectivity index is 2.03. The van der Waals surface area contributed by atoms with E-state index in [1.54, 1.807) is 24.3 Å². The monoisotopic (exact) mass is 201 g/mol. The van der Waals surface area contributed by atoms with Crippen LogP contribution in [0.3, 0.4) is 0 Å². The van der Waals surface area contributed by atoms with Crippen molar-refractivity contribution in [2.24, 2.45) is 5.92 Å². The first-order valence-corrected chi connectivity index (χ1v) is 4.95. The summed E-state index contributed by atoms with van der Waals surface area (Å²) in [4.78, 5) is 11.6. The molecule has 1 saturated carbocycles. The van der Waals surface area contributed by atoms with Gasteiger partial charge in [0, 0.05) is 11.5 Å². The number of rotatable bonds is 4. The Labute approximate surface area is 88.3 Å². The number of hydrogen-bond acceptors (Lipinski definition) is 3. The van der Waals surface area contributed by atoms with Gasteiger partial charge in [0.2, 0.25) is 0 Å². The number of carbonyl (C=O) groups excluding carboxylic acids is 1. The van der Waals surface area contributed by atoms with Crippen molar-refractivity contribution >= 4 is 5.78 Å². The Morgan fingerprint density at radius 1 is 1.40 bits per heavy atom. The Bertz CT molecular complexity index is 399. The van der Waals surface area contributed by atoms with E-state index in [0.717, 1.165) is 18.4 Å². The molecule has 1 aromatic rings. The second kappa shape index (κ2) is 4.14. The van der Waals surface area contributed by atoms with Crippen LogP contribution in [0.4, 0.5) is 0 Å². The van der Waals surface area contributed by atoms with E-state index in [9.17, 15) is 4.79 Å². The molecule has 1 aliphatic rings. The van der Waals surface area contributed by atoms with Crippen LogP contribution in [0.1, 0.15) is 23.2 Å². The van der Waals surface area contributed by atoms with E-state index < -0.39 is 0 Å². The Kier molecular flexibility index (Phi) is 2.68. The number of carbonyl (C=O) groups is 1. The van der Waals surface area contributed by atoms with Crippen LogP contribution in [0, 0.1) is 17.2 Å². The van der Waals surface area contributed by atoms with Gasteiger partial charge < -0.3 is 4.74 Å². The number of benzene rings is 1. The van der Waals surface area contributed by atoms with Gasteiger partial charge in [0.25, 0.3) is 0 Å². The summed E-state index contributed by atoms with van der Waals surface area (Å²) in [6.45, 7) is 0.0376. The number of Topliss-reactive ketones (excluding diaryl/α,β-unsaturated/α-hetero) is 1. The van der Waals surface area contributed by atoms with Crippen LogP contribution in [-0.4, -0.2) is 12.4 Å². The maximum absolute atomic E-state index is 11.6. The highest BCUT2D eigenvalue weighted by molar-refractivity contribution is 5.99. The molecular formula is C12H11NO2. The average Bonchev–Trinajstić information content (AvgIpc) is 3.10. The smallest absolute Gasteiger partial charge is 0.174 e. The van der Waals surface area contributed by atoms with E-state index >= 15 is 0 Å². The van der Waals surface area contributed by atoms with Crippen molar-refractivity contribution in [3.63, 3.8) is 0 Å². The molecule has 1 fully saturated rings. The zero-order valence-corrected chi connectivity index (χ0v) is 8.27. The minimum atomic E-state index is 0.0376. The van der Waals surface area contributed by atoms with Crippen molar-refractivity contribution in [2.75, 3.05) is 6.61 Å². The first kappa shape index (κ1) is 9.72. The molecule has 1 aliphatic carbocycles. The predicted octanol–water partition coefficient (Wildman–Crippen LogP) is 2.18. The summed E-state index contributed by atoms with van der Waals surface area (Å²) in [5.41, 5.74) is 0.738. The molecule has 1 aromatic carbocycles. The maximum Gasteiger partial charge on any atom is 0.174 e. The largest absolute Gasteiger partial charge is 0.479 e. The van der Waals surface area contributed by atoms with Crippen LogP contribution >= 0.6 is 0 Å². The fourth-order valence-corrected chi connectivity index (χ4v) is 1.41. The Hall–Kier alpha value is -1.82. The third kappa shape index (κ3) is 2.35. The molecule has 0 amide bonds. The third-order valence-electron chi connectivity index (χ3n) is 2.39. The summed E-state index contributed by atoms with van der Waals surface area (Å²) in [5.74, 6) is 1.10. The number of nitrogens with zero attached hydrogens (tertiary/aromatic N) is 1. The second-order valence-electron chi connectivity index (χ2n) is 3.61. The van der Waals surface area contributed by atoms with Gasteiger partial charge in [-0.2, -0.15) is 5.26 Å². The highest BCUT2D eigenvalue weighted by Gasteiger charge is 2.30. The van der Waals surface area contributed by atoms with E-state index in [-0.39, 0.29) is 18.3 Å². The molecule has 0 spiro atoms. The Morgan fingerprint density at radius 2 is 2.07 bits per heavy atom. The molecule has 76 valence electrons. The van der Waals surface area contributed by atoms with Crippen molar-refractivity contribution in [3.05, 3.63) is 29.8 Å². The van der Waals surface area contributed by atoms with E-state index in [2.05, 4.69) is 0 Å². The zero-order chi connectivity index (χ0) is 10.7. The number of nitriles is 1. The fraction of sp³-hybridized carbons (Fsp3) is 0.333. The minimum Gasteiger partial charge on any atom is -0.479 e. The summed E-state index contributed by atoms with van der Waals surface area (Å²) < 4.78 is 5.09. The quantitative estimate of drug-likeness (QED) is 0.701. The van der Waals surface area contributed by atoms with Crippen molar-refractivity contribution in [2.45, 2.75) is 12.8 Å². The van der Waals surface area contributed by atoms with E-state index in [4.69, 9.17) is 10.00 Å². The molecule has 0 N–H and O–H groups in total. The molecule has 0 unspecified atom stereocenters. The molecule has 0 aliphatic heterocycles. The summed E-state index contributed by atoms with van der Waals surface area (Å²) in [6, 6.07) is 8.87. The molecule has 3 heteroatoms. The predicted molar refractivity (Wildman–Crippen MR) is 54.6 cm³/mol. The minimum absolute atomic E-state index is 0.0376. The SMILES string of the molecule is N#CCOc1ccc(C(=O)C2CC2)cc1. The topological polar surface area (TPSA) is 50.1 Å². The van der Waals surface area contributed by atoms with E-state index in [0.29, 0.717) is 5.75 Å². The lowest BCUT2D eigenvalue weighted by Crippen LogP contribution is -2.01. The number of hydrogen-bond donors (Lipinski definition) is 0. The van der Waals surface area contributed by atoms with E-state index in [1.165, 1.54) is 0 Å². The fourth-order valence-electron chi connectivity index (χ4n) is 1.41. The molecule has 0 radical (unpaired) electrons. The van der Waals surface area contributed by atoms with E-state index in [1.807, 2.05) is 6.07 Å². The summed E-state index contributed by atoms with van der Waals surface area (Å²) in [6.07, 6.45) is 2.04. The van der Waals surface area contributed by atoms with Gasteiger partial charge in [-0.25, -0.2) is 0 Å². The average molecular weight is 201 g/mol. The Morgan fingerprint density at radius 3 is 2.60 bits per heavy atom. The van der Waals surface area contributed by atoms with Crippen LogP contribution in [0.25, 0.3) is 0 Å². The number of ketones is 1. The highest BCUT2D eigenvalue weighted by Crippen LogP contribution is 2.32. The molecular weight excluding hydrogens is 190 g/mol. The van der Waals surface area contributed by atoms with Crippen LogP contribution in [0.15, 0.2) is 24.3 Å². The first-order valence-electron chi connectivity index (χ1n) is 4.95. The molecule has 3 nitrogen and oxygen atoms in total. The molecule has 0 aromatic heterocycles. The van der Waals surface area contributed by atoms with Crippen molar-refractivity contribution in [3.8, 4) is 11.8 Å². The first-order chi connectivity index (χ1) is 7.31. The maximum atomic E-state index is 11.6. The van der Waals surface area contributed by atoms with Crippen LogP contribution in [0.2, 0.25) is 0 Å². The van der Waals surface area contributed by atoms with Crippen molar-refractivity contribution in [1.29, 1.82) is 5.26 Å². The van der Waals surface area contributed by atoms with Gasteiger partial charge in [-0.3, -0.25) is 4.79 Å². The van der Waals surface area contributed by atoms with Crippen molar-refractivity contribution in [1.82, 2.24) is 0 Å². The summed E-state index contributed by atoms with van der Waals surface area (Å²) in [5, 5.41) is 8.32. The van der Waals surface area contributed by atoms with Crippen LogP contribution in [-0.2, 0) is 0 Å². The van der Waals surface area contributed by atoms with Gasteiger partial charge in [0.1, 0.15) is 11.8 Å². The van der Waals surface area contributed by atoms with Crippen LogP contribution < -0.4 is 4.74 Å². The lowest BCUT2D eigenvalue weighted by atomic mass is 10.1. The van der Waals surface area contributed by atoms with Gasteiger partial charge in [-0.1, -0.05) is 0 Å². The summed E-state index contributed by atoms with van der Waals surface area (Å²) >= 11 is 0. The van der Waals surface area contributed by atoms with Gasteiger partial charge in [0.15, 0.2) is 12.4 Å². The lowest BCUT2D eigenvalue weighted by molar-refractivity contribution is 0.0967. The molecule has 2 rings (SSSR count). The highest BCUT2D eigenvalue weighted by atomic mass is 16.5. The lowest BCUT2D eigenvalue weighted by Gasteiger charge is -2.02. The molecule has 0 atom stereocenters. The molecule has 0 bridgehead atoms. The van der Waals surface area contributed by atoms with Crippen LogP contribution in [0.5, 0.6) is 5.75 Å².